The van der Waals surface area contributed by atoms with Crippen LogP contribution < -0.4 is 10.6 Å². The number of amides is 2. The number of benzene rings is 1. The number of aromatic nitrogens is 1. The summed E-state index contributed by atoms with van der Waals surface area (Å²) in [5, 5.41) is 4.80. The Balaban J connectivity index is 2.08. The van der Waals surface area contributed by atoms with E-state index in [-0.39, 0.29) is 17.9 Å². The molecular weight excluding hydrogens is 298 g/mol. The van der Waals surface area contributed by atoms with Gasteiger partial charge in [-0.3, -0.25) is 14.6 Å². The zero-order valence-corrected chi connectivity index (χ0v) is 12.4. The first-order valence-electron chi connectivity index (χ1n) is 6.90. The molecule has 2 amide bonds. The fourth-order valence-electron chi connectivity index (χ4n) is 1.78. The number of ether oxygens (including phenoxy) is 1. The van der Waals surface area contributed by atoms with Crippen molar-refractivity contribution >= 4 is 29.2 Å². The van der Waals surface area contributed by atoms with E-state index in [1.165, 1.54) is 18.3 Å². The topological polar surface area (TPSA) is 97.4 Å². The van der Waals surface area contributed by atoms with Crippen LogP contribution in [0, 0.1) is 0 Å². The molecule has 118 valence electrons. The molecule has 0 bridgehead atoms. The molecule has 1 heterocycles. The predicted molar refractivity (Wildman–Crippen MR) is 83.9 cm³/mol. The molecule has 1 aromatic carbocycles. The molecule has 0 aliphatic rings. The van der Waals surface area contributed by atoms with Crippen molar-refractivity contribution < 1.29 is 19.1 Å². The van der Waals surface area contributed by atoms with Gasteiger partial charge in [-0.25, -0.2) is 4.79 Å². The predicted octanol–water partition coefficient (Wildman–Crippen LogP) is 1.84. The number of carbonyl (C=O) groups is 3. The first-order valence-corrected chi connectivity index (χ1v) is 6.90. The lowest BCUT2D eigenvalue weighted by Crippen LogP contribution is -2.29. The Morgan fingerprint density at radius 3 is 2.48 bits per heavy atom. The lowest BCUT2D eigenvalue weighted by Gasteiger charge is -2.10. The van der Waals surface area contributed by atoms with Gasteiger partial charge in [0.1, 0.15) is 0 Å². The van der Waals surface area contributed by atoms with E-state index in [2.05, 4.69) is 15.6 Å². The largest absolute Gasteiger partial charge is 0.462 e. The van der Waals surface area contributed by atoms with E-state index in [9.17, 15) is 14.4 Å². The smallest absolute Gasteiger partial charge is 0.340 e. The lowest BCUT2D eigenvalue weighted by molar-refractivity contribution is -0.133. The second-order valence-corrected chi connectivity index (χ2v) is 4.42. The summed E-state index contributed by atoms with van der Waals surface area (Å²) >= 11 is 0. The highest BCUT2D eigenvalue weighted by molar-refractivity contribution is 6.43. The average Bonchev–Trinajstić information content (AvgIpc) is 2.56. The van der Waals surface area contributed by atoms with Crippen molar-refractivity contribution in [2.45, 2.75) is 6.92 Å². The third-order valence-electron chi connectivity index (χ3n) is 2.80. The lowest BCUT2D eigenvalue weighted by atomic mass is 10.2. The molecule has 0 aliphatic carbocycles. The molecule has 2 N–H and O–H groups in total. The highest BCUT2D eigenvalue weighted by Gasteiger charge is 2.18. The minimum Gasteiger partial charge on any atom is -0.462 e. The molecule has 7 heteroatoms. The van der Waals surface area contributed by atoms with E-state index in [4.69, 9.17) is 4.74 Å². The number of nitrogens with zero attached hydrogens (tertiary/aromatic N) is 1. The summed E-state index contributed by atoms with van der Waals surface area (Å²) in [6.07, 6.45) is 2.96. The zero-order valence-electron chi connectivity index (χ0n) is 12.4. The zero-order chi connectivity index (χ0) is 16.7. The van der Waals surface area contributed by atoms with Crippen molar-refractivity contribution in [2.24, 2.45) is 0 Å². The van der Waals surface area contributed by atoms with Crippen molar-refractivity contribution in [3.05, 3.63) is 54.4 Å². The number of para-hydroxylation sites is 1. The van der Waals surface area contributed by atoms with Gasteiger partial charge in [0.25, 0.3) is 0 Å². The van der Waals surface area contributed by atoms with Crippen LogP contribution >= 0.6 is 0 Å². The molecule has 0 unspecified atom stereocenters. The summed E-state index contributed by atoms with van der Waals surface area (Å²) < 4.78 is 4.91. The molecule has 0 saturated heterocycles. The van der Waals surface area contributed by atoms with Gasteiger partial charge >= 0.3 is 17.8 Å². The molecule has 2 aromatic rings. The minimum atomic E-state index is -0.898. The van der Waals surface area contributed by atoms with Gasteiger partial charge in [0.15, 0.2) is 0 Å². The van der Waals surface area contributed by atoms with Crippen molar-refractivity contribution in [3.8, 4) is 0 Å². The molecule has 0 aliphatic heterocycles. The van der Waals surface area contributed by atoms with E-state index in [1.54, 1.807) is 37.4 Å². The maximum absolute atomic E-state index is 12.0. The third-order valence-corrected chi connectivity index (χ3v) is 2.80. The fourth-order valence-corrected chi connectivity index (χ4v) is 1.78. The van der Waals surface area contributed by atoms with Crippen molar-refractivity contribution in [2.75, 3.05) is 17.2 Å². The number of anilines is 2. The monoisotopic (exact) mass is 313 g/mol. The second kappa shape index (κ2) is 7.69. The second-order valence-electron chi connectivity index (χ2n) is 4.42. The molecule has 0 atom stereocenters. The van der Waals surface area contributed by atoms with Crippen LogP contribution in [0.2, 0.25) is 0 Å². The highest BCUT2D eigenvalue weighted by Crippen LogP contribution is 2.16. The summed E-state index contributed by atoms with van der Waals surface area (Å²) in [6.45, 7) is 1.89. The summed E-state index contributed by atoms with van der Waals surface area (Å²) in [5.74, 6) is -2.33. The Bertz CT molecular complexity index is 716. The van der Waals surface area contributed by atoms with Gasteiger partial charge in [-0.15, -0.1) is 0 Å². The standard InChI is InChI=1S/C16H15N3O4/c1-2-23-16(22)12-7-3-4-8-13(12)19-15(21)14(20)18-11-6-5-9-17-10-11/h3-10H,2H2,1H3,(H,18,20)(H,19,21). The maximum Gasteiger partial charge on any atom is 0.340 e. The first-order chi connectivity index (χ1) is 11.1. The normalized spacial score (nSPS) is 9.78. The third kappa shape index (κ3) is 4.37. The summed E-state index contributed by atoms with van der Waals surface area (Å²) in [7, 11) is 0. The molecule has 0 saturated carbocycles. The van der Waals surface area contributed by atoms with E-state index in [1.807, 2.05) is 0 Å². The maximum atomic E-state index is 12.0. The van der Waals surface area contributed by atoms with Crippen LogP contribution in [0.3, 0.4) is 0 Å². The molecule has 0 radical (unpaired) electrons. The summed E-state index contributed by atoms with van der Waals surface area (Å²) in [5.41, 5.74) is 0.778. The number of hydrogen-bond donors (Lipinski definition) is 2. The number of carbonyl (C=O) groups excluding carboxylic acids is 3. The Morgan fingerprint density at radius 1 is 1.04 bits per heavy atom. The van der Waals surface area contributed by atoms with E-state index < -0.39 is 17.8 Å². The van der Waals surface area contributed by atoms with Gasteiger partial charge < -0.3 is 15.4 Å². The Hall–Kier alpha value is -3.22. The van der Waals surface area contributed by atoms with Crippen LogP contribution in [0.1, 0.15) is 17.3 Å². The van der Waals surface area contributed by atoms with Gasteiger partial charge in [-0.2, -0.15) is 0 Å². The first kappa shape index (κ1) is 16.2. The van der Waals surface area contributed by atoms with Crippen LogP contribution in [-0.2, 0) is 14.3 Å². The molecule has 1 aromatic heterocycles. The Morgan fingerprint density at radius 2 is 1.78 bits per heavy atom. The van der Waals surface area contributed by atoms with Crippen molar-refractivity contribution in [3.63, 3.8) is 0 Å². The van der Waals surface area contributed by atoms with E-state index in [0.29, 0.717) is 5.69 Å². The number of pyridine rings is 1. The molecule has 7 nitrogen and oxygen atoms in total. The quantitative estimate of drug-likeness (QED) is 0.663. The summed E-state index contributed by atoms with van der Waals surface area (Å²) in [6, 6.07) is 9.53. The van der Waals surface area contributed by atoms with Crippen LogP contribution in [0.15, 0.2) is 48.8 Å². The van der Waals surface area contributed by atoms with Gasteiger partial charge in [0.05, 0.1) is 29.7 Å². The summed E-state index contributed by atoms with van der Waals surface area (Å²) in [4.78, 5) is 39.5. The van der Waals surface area contributed by atoms with Crippen LogP contribution in [-0.4, -0.2) is 29.4 Å². The van der Waals surface area contributed by atoms with Crippen LogP contribution in [0.5, 0.6) is 0 Å². The van der Waals surface area contributed by atoms with Gasteiger partial charge in [-0.05, 0) is 31.2 Å². The van der Waals surface area contributed by atoms with Crippen LogP contribution in [0.25, 0.3) is 0 Å². The van der Waals surface area contributed by atoms with Crippen LogP contribution in [0.4, 0.5) is 11.4 Å². The average molecular weight is 313 g/mol. The SMILES string of the molecule is CCOC(=O)c1ccccc1NC(=O)C(=O)Nc1cccnc1. The number of nitrogens with one attached hydrogen (secondary N) is 2. The minimum absolute atomic E-state index is 0.178. The van der Waals surface area contributed by atoms with Crippen molar-refractivity contribution in [1.29, 1.82) is 0 Å². The molecular formula is C16H15N3O4. The van der Waals surface area contributed by atoms with Crippen molar-refractivity contribution in [1.82, 2.24) is 4.98 Å². The molecule has 0 fully saturated rings. The molecule has 23 heavy (non-hydrogen) atoms. The van der Waals surface area contributed by atoms with E-state index in [0.717, 1.165) is 0 Å². The fraction of sp³-hybridized carbons (Fsp3) is 0.125. The number of rotatable bonds is 4. The molecule has 2 rings (SSSR count). The van der Waals surface area contributed by atoms with E-state index >= 15 is 0 Å². The number of esters is 1. The molecule has 0 spiro atoms. The Labute approximate surface area is 132 Å². The van der Waals surface area contributed by atoms with Gasteiger partial charge in [0, 0.05) is 6.20 Å². The highest BCUT2D eigenvalue weighted by atomic mass is 16.5. The van der Waals surface area contributed by atoms with Gasteiger partial charge in [-0.1, -0.05) is 12.1 Å². The number of hydrogen-bond acceptors (Lipinski definition) is 5. The Kier molecular flexibility index (Phi) is 5.40. The van der Waals surface area contributed by atoms with Gasteiger partial charge in [0.2, 0.25) is 0 Å².